The highest BCUT2D eigenvalue weighted by molar-refractivity contribution is 5.91. The van der Waals surface area contributed by atoms with E-state index in [0.29, 0.717) is 11.4 Å². The third-order valence-electron chi connectivity index (χ3n) is 3.10. The first-order valence-corrected chi connectivity index (χ1v) is 7.01. The molecule has 0 aliphatic carbocycles. The van der Waals surface area contributed by atoms with E-state index < -0.39 is 17.7 Å². The summed E-state index contributed by atoms with van der Waals surface area (Å²) < 4.78 is 5.43. The van der Waals surface area contributed by atoms with Crippen molar-refractivity contribution in [3.05, 3.63) is 24.3 Å². The number of hydrogen-bond acceptors (Lipinski definition) is 4. The van der Waals surface area contributed by atoms with Gasteiger partial charge in [0.15, 0.2) is 0 Å². The van der Waals surface area contributed by atoms with Crippen LogP contribution in [0.15, 0.2) is 24.3 Å². The number of carbonyl (C=O) groups excluding carboxylic acids is 1. The summed E-state index contributed by atoms with van der Waals surface area (Å²) in [4.78, 5) is 29.0. The van der Waals surface area contributed by atoms with E-state index in [2.05, 4.69) is 11.2 Å². The second-order valence-electron chi connectivity index (χ2n) is 5.30. The van der Waals surface area contributed by atoms with Crippen LogP contribution in [0.2, 0.25) is 0 Å². The number of rotatable bonds is 6. The summed E-state index contributed by atoms with van der Waals surface area (Å²) >= 11 is 0. The number of hydroxylamine groups is 2. The zero-order valence-electron chi connectivity index (χ0n) is 14.1. The molecule has 0 aliphatic rings. The molecule has 0 fully saturated rings. The molecule has 1 aromatic carbocycles. The summed E-state index contributed by atoms with van der Waals surface area (Å²) in [6.07, 6.45) is 4.11. The van der Waals surface area contributed by atoms with Crippen molar-refractivity contribution in [3.8, 4) is 12.3 Å². The number of hydrogen-bond donors (Lipinski definition) is 2. The van der Waals surface area contributed by atoms with Gasteiger partial charge in [-0.25, -0.2) is 14.7 Å². The van der Waals surface area contributed by atoms with Crippen LogP contribution in [0.25, 0.3) is 0 Å². The summed E-state index contributed by atoms with van der Waals surface area (Å²) in [7, 11) is 2.80. The third-order valence-corrected chi connectivity index (χ3v) is 3.10. The van der Waals surface area contributed by atoms with Crippen molar-refractivity contribution in [1.29, 1.82) is 0 Å². The van der Waals surface area contributed by atoms with Crippen molar-refractivity contribution >= 4 is 23.5 Å². The van der Waals surface area contributed by atoms with Gasteiger partial charge in [0.1, 0.15) is 12.3 Å². The monoisotopic (exact) mass is 335 g/mol. The Morgan fingerprint density at radius 2 is 2.08 bits per heavy atom. The third kappa shape index (κ3) is 5.46. The number of anilines is 2. The number of amides is 3. The molecule has 1 aromatic rings. The molecule has 0 aliphatic heterocycles. The predicted octanol–water partition coefficient (Wildman–Crippen LogP) is 2.58. The first kappa shape index (κ1) is 19.3. The van der Waals surface area contributed by atoms with Gasteiger partial charge in [0.2, 0.25) is 0 Å². The summed E-state index contributed by atoms with van der Waals surface area (Å²) in [5, 5.41) is 13.0. The Hall–Kier alpha value is -2.76. The van der Waals surface area contributed by atoms with Crippen LogP contribution in [-0.2, 0) is 9.57 Å². The number of nitrogens with one attached hydrogen (secondary N) is 1. The topological polar surface area (TPSA) is 91.3 Å². The van der Waals surface area contributed by atoms with E-state index in [1.54, 1.807) is 32.0 Å². The lowest BCUT2D eigenvalue weighted by atomic mass is 10.1. The molecule has 0 unspecified atom stereocenters. The van der Waals surface area contributed by atoms with Crippen LogP contribution in [0, 0.1) is 12.3 Å². The predicted molar refractivity (Wildman–Crippen MR) is 89.6 cm³/mol. The van der Waals surface area contributed by atoms with Gasteiger partial charge in [-0.2, -0.15) is 0 Å². The van der Waals surface area contributed by atoms with Crippen LogP contribution in [0.4, 0.5) is 21.0 Å². The molecule has 1 rings (SSSR count). The molecule has 2 N–H and O–H groups in total. The number of carbonyl (C=O) groups is 2. The van der Waals surface area contributed by atoms with Crippen LogP contribution >= 0.6 is 0 Å². The zero-order valence-corrected chi connectivity index (χ0v) is 14.1. The van der Waals surface area contributed by atoms with E-state index in [-0.39, 0.29) is 6.73 Å². The quantitative estimate of drug-likeness (QED) is 0.474. The lowest BCUT2D eigenvalue weighted by molar-refractivity contribution is -0.0598. The molecule has 0 saturated heterocycles. The van der Waals surface area contributed by atoms with Gasteiger partial charge in [-0.1, -0.05) is 12.0 Å². The Morgan fingerprint density at radius 3 is 2.62 bits per heavy atom. The summed E-state index contributed by atoms with van der Waals surface area (Å²) in [6, 6.07) is 5.82. The van der Waals surface area contributed by atoms with Crippen LogP contribution in [0.5, 0.6) is 0 Å². The lowest BCUT2D eigenvalue weighted by Gasteiger charge is -2.25. The van der Waals surface area contributed by atoms with Crippen LogP contribution < -0.4 is 10.2 Å². The Morgan fingerprint density at radius 1 is 1.42 bits per heavy atom. The van der Waals surface area contributed by atoms with Gasteiger partial charge >= 0.3 is 12.1 Å². The highest BCUT2D eigenvalue weighted by atomic mass is 16.7. The molecule has 0 heterocycles. The smallest absolute Gasteiger partial charge is 0.413 e. The Labute approximate surface area is 140 Å². The first-order chi connectivity index (χ1) is 11.2. The number of nitrogens with zero attached hydrogens (tertiary/aromatic N) is 2. The number of terminal acetylenes is 1. The van der Waals surface area contributed by atoms with Crippen molar-refractivity contribution in [1.82, 2.24) is 5.06 Å². The Balaban J connectivity index is 2.93. The fourth-order valence-electron chi connectivity index (χ4n) is 1.54. The average molecular weight is 335 g/mol. The molecule has 0 atom stereocenters. The molecule has 0 bridgehead atoms. The van der Waals surface area contributed by atoms with Gasteiger partial charge in [-0.05, 0) is 32.0 Å². The molecular formula is C16H21N3O5. The zero-order chi connectivity index (χ0) is 18.3. The second-order valence-corrected chi connectivity index (χ2v) is 5.30. The van der Waals surface area contributed by atoms with Crippen molar-refractivity contribution in [3.63, 3.8) is 0 Å². The Bertz CT molecular complexity index is 639. The number of ether oxygens (including phenoxy) is 1. The van der Waals surface area contributed by atoms with E-state index >= 15 is 0 Å². The van der Waals surface area contributed by atoms with E-state index in [0.717, 1.165) is 9.96 Å². The number of urea groups is 1. The largest absolute Gasteiger partial charge is 0.465 e. The maximum absolute atomic E-state index is 11.8. The molecule has 0 aromatic heterocycles. The molecule has 24 heavy (non-hydrogen) atoms. The maximum Gasteiger partial charge on any atom is 0.413 e. The van der Waals surface area contributed by atoms with Crippen LogP contribution in [0.3, 0.4) is 0 Å². The minimum absolute atomic E-state index is 0.248. The van der Waals surface area contributed by atoms with Gasteiger partial charge in [-0.3, -0.25) is 9.74 Å². The van der Waals surface area contributed by atoms with Crippen molar-refractivity contribution in [2.45, 2.75) is 19.4 Å². The lowest BCUT2D eigenvalue weighted by Crippen LogP contribution is -2.36. The average Bonchev–Trinajstić information content (AvgIpc) is 2.54. The summed E-state index contributed by atoms with van der Waals surface area (Å²) in [5.74, 6) is 2.43. The molecule has 0 saturated carbocycles. The standard InChI is InChI=1S/C16H21N3O5/c1-6-16(2,3)24-11-19(15(21)22)13-9-7-8-12(10-13)17-14(20)18(4)23-5/h1,7-10H,11H2,2-5H3,(H,17,20)(H,21,22). The van der Waals surface area contributed by atoms with E-state index in [1.165, 1.54) is 20.2 Å². The molecule has 3 amide bonds. The van der Waals surface area contributed by atoms with Crippen LogP contribution in [-0.4, -0.2) is 48.8 Å². The highest BCUT2D eigenvalue weighted by Crippen LogP contribution is 2.21. The van der Waals surface area contributed by atoms with Gasteiger partial charge in [0.05, 0.1) is 12.8 Å². The second kappa shape index (κ2) is 8.19. The van der Waals surface area contributed by atoms with Crippen molar-refractivity contribution in [2.75, 3.05) is 31.1 Å². The first-order valence-electron chi connectivity index (χ1n) is 7.01. The Kier molecular flexibility index (Phi) is 6.58. The van der Waals surface area contributed by atoms with Gasteiger partial charge in [-0.15, -0.1) is 6.42 Å². The number of benzene rings is 1. The fraction of sp³-hybridized carbons (Fsp3) is 0.375. The van der Waals surface area contributed by atoms with Crippen LogP contribution in [0.1, 0.15) is 13.8 Å². The van der Waals surface area contributed by atoms with Gasteiger partial charge in [0, 0.05) is 12.7 Å². The van der Waals surface area contributed by atoms with E-state index in [9.17, 15) is 14.7 Å². The highest BCUT2D eigenvalue weighted by Gasteiger charge is 2.21. The number of carboxylic acid groups (broad SMARTS) is 1. The van der Waals surface area contributed by atoms with E-state index in [1.807, 2.05) is 0 Å². The van der Waals surface area contributed by atoms with Gasteiger partial charge < -0.3 is 15.2 Å². The normalized spacial score (nSPS) is 10.6. The minimum atomic E-state index is -1.21. The van der Waals surface area contributed by atoms with Crippen molar-refractivity contribution in [2.24, 2.45) is 0 Å². The summed E-state index contributed by atoms with van der Waals surface area (Å²) in [6.45, 7) is 3.07. The molecule has 8 nitrogen and oxygen atoms in total. The molecule has 0 radical (unpaired) electrons. The molecular weight excluding hydrogens is 314 g/mol. The van der Waals surface area contributed by atoms with Crippen molar-refractivity contribution < 1.29 is 24.3 Å². The maximum atomic E-state index is 11.8. The SMILES string of the molecule is C#CC(C)(C)OCN(C(=O)O)c1cccc(NC(=O)N(C)OC)c1. The molecule has 130 valence electrons. The summed E-state index contributed by atoms with van der Waals surface area (Å²) in [5.41, 5.74) is -0.169. The fourth-order valence-corrected chi connectivity index (χ4v) is 1.54. The molecule has 8 heteroatoms. The minimum Gasteiger partial charge on any atom is -0.465 e. The van der Waals surface area contributed by atoms with E-state index in [4.69, 9.17) is 16.0 Å². The molecule has 0 spiro atoms. The van der Waals surface area contributed by atoms with Gasteiger partial charge in [0.25, 0.3) is 0 Å².